The highest BCUT2D eigenvalue weighted by molar-refractivity contribution is 6.04. The van der Waals surface area contributed by atoms with Crippen molar-refractivity contribution in [3.63, 3.8) is 0 Å². The van der Waals surface area contributed by atoms with Crippen molar-refractivity contribution >= 4 is 34.5 Å². The molecule has 1 N–H and O–H groups in total. The Morgan fingerprint density at radius 3 is 2.37 bits per heavy atom. The molecule has 0 fully saturated rings. The summed E-state index contributed by atoms with van der Waals surface area (Å²) in [7, 11) is 0. The van der Waals surface area contributed by atoms with Crippen LogP contribution in [0.15, 0.2) is 84.9 Å². The SMILES string of the molecule is O=C(Nc1ccccc1)C1CC(=O)N(Cc2ccccc2)c2nc3ccccc3n21. The van der Waals surface area contributed by atoms with Crippen molar-refractivity contribution in [3.05, 3.63) is 90.5 Å². The van der Waals surface area contributed by atoms with Gasteiger partial charge in [0.15, 0.2) is 0 Å². The lowest BCUT2D eigenvalue weighted by Crippen LogP contribution is -2.42. The predicted octanol–water partition coefficient (Wildman–Crippen LogP) is 4.15. The number of benzene rings is 3. The van der Waals surface area contributed by atoms with Crippen LogP contribution in [-0.4, -0.2) is 21.4 Å². The third-order valence-corrected chi connectivity index (χ3v) is 5.33. The smallest absolute Gasteiger partial charge is 0.248 e. The van der Waals surface area contributed by atoms with Crippen LogP contribution in [0.5, 0.6) is 0 Å². The van der Waals surface area contributed by atoms with Crippen LogP contribution in [0, 0.1) is 0 Å². The number of rotatable bonds is 4. The number of anilines is 2. The van der Waals surface area contributed by atoms with E-state index in [0.717, 1.165) is 16.6 Å². The average molecular weight is 396 g/mol. The molecule has 6 nitrogen and oxygen atoms in total. The van der Waals surface area contributed by atoms with Gasteiger partial charge in [-0.25, -0.2) is 4.98 Å². The highest BCUT2D eigenvalue weighted by atomic mass is 16.2. The number of amides is 2. The van der Waals surface area contributed by atoms with Crippen molar-refractivity contribution in [2.75, 3.05) is 10.2 Å². The van der Waals surface area contributed by atoms with E-state index in [2.05, 4.69) is 5.32 Å². The zero-order chi connectivity index (χ0) is 20.5. The topological polar surface area (TPSA) is 67.2 Å². The summed E-state index contributed by atoms with van der Waals surface area (Å²) < 4.78 is 1.89. The third-order valence-electron chi connectivity index (χ3n) is 5.33. The van der Waals surface area contributed by atoms with Gasteiger partial charge in [-0.15, -0.1) is 0 Å². The summed E-state index contributed by atoms with van der Waals surface area (Å²) in [5, 5.41) is 2.93. The molecule has 1 aromatic heterocycles. The second-order valence-corrected chi connectivity index (χ2v) is 7.31. The molecule has 30 heavy (non-hydrogen) atoms. The van der Waals surface area contributed by atoms with Crippen molar-refractivity contribution < 1.29 is 9.59 Å². The molecule has 6 heteroatoms. The molecule has 4 aromatic rings. The molecule has 0 saturated carbocycles. The van der Waals surface area contributed by atoms with Crippen molar-refractivity contribution in [2.45, 2.75) is 19.0 Å². The standard InChI is InChI=1S/C24H20N4O2/c29-22-15-21(23(30)25-18-11-5-2-6-12-18)28-20-14-8-7-13-19(20)26-24(28)27(22)16-17-9-3-1-4-10-17/h1-14,21H,15-16H2,(H,25,30). The maximum Gasteiger partial charge on any atom is 0.248 e. The first kappa shape index (κ1) is 18.1. The van der Waals surface area contributed by atoms with Gasteiger partial charge in [-0.1, -0.05) is 60.7 Å². The van der Waals surface area contributed by atoms with Gasteiger partial charge in [0, 0.05) is 5.69 Å². The van der Waals surface area contributed by atoms with E-state index >= 15 is 0 Å². The van der Waals surface area contributed by atoms with E-state index < -0.39 is 6.04 Å². The van der Waals surface area contributed by atoms with E-state index in [1.54, 1.807) is 4.90 Å². The van der Waals surface area contributed by atoms with Gasteiger partial charge >= 0.3 is 0 Å². The minimum atomic E-state index is -0.660. The fourth-order valence-corrected chi connectivity index (χ4v) is 3.89. The molecule has 2 heterocycles. The number of hydrogen-bond acceptors (Lipinski definition) is 3. The molecule has 2 amide bonds. The number of imidazole rings is 1. The minimum Gasteiger partial charge on any atom is -0.324 e. The average Bonchev–Trinajstić information content (AvgIpc) is 3.16. The second-order valence-electron chi connectivity index (χ2n) is 7.31. The summed E-state index contributed by atoms with van der Waals surface area (Å²) in [6, 6.07) is 26.1. The Kier molecular flexibility index (Phi) is 4.52. The van der Waals surface area contributed by atoms with E-state index in [9.17, 15) is 9.59 Å². The number of fused-ring (bicyclic) bond motifs is 3. The van der Waals surface area contributed by atoms with Crippen molar-refractivity contribution in [2.24, 2.45) is 0 Å². The minimum absolute atomic E-state index is 0.0822. The Morgan fingerprint density at radius 1 is 0.933 bits per heavy atom. The lowest BCUT2D eigenvalue weighted by Gasteiger charge is -2.32. The fourth-order valence-electron chi connectivity index (χ4n) is 3.89. The number of nitrogens with zero attached hydrogens (tertiary/aromatic N) is 3. The van der Waals surface area contributed by atoms with Gasteiger partial charge < -0.3 is 5.32 Å². The predicted molar refractivity (Wildman–Crippen MR) is 116 cm³/mol. The largest absolute Gasteiger partial charge is 0.324 e. The third kappa shape index (κ3) is 3.22. The molecule has 0 saturated heterocycles. The molecule has 1 atom stereocenters. The van der Waals surface area contributed by atoms with Crippen LogP contribution in [0.25, 0.3) is 11.0 Å². The van der Waals surface area contributed by atoms with Crippen LogP contribution in [0.4, 0.5) is 11.6 Å². The van der Waals surface area contributed by atoms with Gasteiger partial charge in [0.1, 0.15) is 6.04 Å². The molecule has 3 aromatic carbocycles. The van der Waals surface area contributed by atoms with Crippen molar-refractivity contribution in [1.82, 2.24) is 9.55 Å². The summed E-state index contributed by atoms with van der Waals surface area (Å²) in [6.45, 7) is 0.413. The normalized spacial score (nSPS) is 15.8. The number of carbonyl (C=O) groups excluding carboxylic acids is 2. The Morgan fingerprint density at radius 2 is 1.60 bits per heavy atom. The van der Waals surface area contributed by atoms with Gasteiger partial charge in [0.05, 0.1) is 24.0 Å². The molecule has 148 valence electrons. The van der Waals surface area contributed by atoms with Gasteiger partial charge in [0.25, 0.3) is 0 Å². The van der Waals surface area contributed by atoms with Crippen LogP contribution in [0.2, 0.25) is 0 Å². The quantitative estimate of drug-likeness (QED) is 0.563. The van der Waals surface area contributed by atoms with Gasteiger partial charge in [-0.2, -0.15) is 0 Å². The van der Waals surface area contributed by atoms with Gasteiger partial charge in [0.2, 0.25) is 17.8 Å². The highest BCUT2D eigenvalue weighted by Crippen LogP contribution is 2.35. The lowest BCUT2D eigenvalue weighted by molar-refractivity contribution is -0.126. The lowest BCUT2D eigenvalue weighted by atomic mass is 10.1. The summed E-state index contributed by atoms with van der Waals surface area (Å²) in [5.41, 5.74) is 3.31. The molecular weight excluding hydrogens is 376 g/mol. The number of hydrogen-bond donors (Lipinski definition) is 1. The van der Waals surface area contributed by atoms with Crippen molar-refractivity contribution in [3.8, 4) is 0 Å². The summed E-state index contributed by atoms with van der Waals surface area (Å²) >= 11 is 0. The summed E-state index contributed by atoms with van der Waals surface area (Å²) in [6.07, 6.45) is 0.0822. The zero-order valence-corrected chi connectivity index (χ0v) is 16.2. The maximum absolute atomic E-state index is 13.2. The Labute approximate surface area is 173 Å². The van der Waals surface area contributed by atoms with Gasteiger partial charge in [-0.05, 0) is 29.8 Å². The highest BCUT2D eigenvalue weighted by Gasteiger charge is 2.37. The fraction of sp³-hybridized carbons (Fsp3) is 0.125. The van der Waals surface area contributed by atoms with E-state index in [-0.39, 0.29) is 18.2 Å². The number of nitrogens with one attached hydrogen (secondary N) is 1. The zero-order valence-electron chi connectivity index (χ0n) is 16.2. The number of carbonyl (C=O) groups is 2. The molecule has 1 aliphatic rings. The molecule has 0 aliphatic carbocycles. The second kappa shape index (κ2) is 7.48. The van der Waals surface area contributed by atoms with Gasteiger partial charge in [-0.3, -0.25) is 19.1 Å². The first-order chi connectivity index (χ1) is 14.7. The summed E-state index contributed by atoms with van der Waals surface area (Å²) in [5.74, 6) is 0.165. The Balaban J connectivity index is 1.56. The number of aromatic nitrogens is 2. The van der Waals surface area contributed by atoms with E-state index in [1.165, 1.54) is 0 Å². The first-order valence-electron chi connectivity index (χ1n) is 9.88. The first-order valence-corrected chi connectivity index (χ1v) is 9.88. The molecule has 0 spiro atoms. The van der Waals surface area contributed by atoms with Crippen LogP contribution >= 0.6 is 0 Å². The number of para-hydroxylation sites is 3. The molecule has 5 rings (SSSR count). The maximum atomic E-state index is 13.2. The molecule has 1 aliphatic heterocycles. The summed E-state index contributed by atoms with van der Waals surface area (Å²) in [4.78, 5) is 32.6. The van der Waals surface area contributed by atoms with Crippen LogP contribution in [-0.2, 0) is 16.1 Å². The monoisotopic (exact) mass is 396 g/mol. The van der Waals surface area contributed by atoms with Crippen LogP contribution in [0.1, 0.15) is 18.0 Å². The van der Waals surface area contributed by atoms with E-state index in [4.69, 9.17) is 4.98 Å². The molecule has 0 bridgehead atoms. The Bertz CT molecular complexity index is 1220. The van der Waals surface area contributed by atoms with Crippen LogP contribution in [0.3, 0.4) is 0 Å². The van der Waals surface area contributed by atoms with E-state index in [0.29, 0.717) is 18.2 Å². The molecule has 0 radical (unpaired) electrons. The molecular formula is C24H20N4O2. The van der Waals surface area contributed by atoms with Crippen molar-refractivity contribution in [1.29, 1.82) is 0 Å². The molecule has 1 unspecified atom stereocenters. The van der Waals surface area contributed by atoms with Crippen LogP contribution < -0.4 is 10.2 Å². The Hall–Kier alpha value is -3.93. The van der Waals surface area contributed by atoms with E-state index in [1.807, 2.05) is 89.5 Å².